The second-order valence-corrected chi connectivity index (χ2v) is 7.85. The van der Waals surface area contributed by atoms with E-state index in [1.54, 1.807) is 6.92 Å². The molecule has 1 unspecified atom stereocenters. The number of primary amides is 1. The van der Waals surface area contributed by atoms with Crippen molar-refractivity contribution in [1.29, 1.82) is 0 Å². The minimum atomic E-state index is -0.580. The fourth-order valence-corrected chi connectivity index (χ4v) is 3.73. The number of halogens is 1. The third kappa shape index (κ3) is 4.24. The van der Waals surface area contributed by atoms with E-state index in [2.05, 4.69) is 36.8 Å². The molecular weight excluding hydrogens is 464 g/mol. The third-order valence-corrected chi connectivity index (χ3v) is 5.40. The molecule has 1 aliphatic rings. The molecule has 0 saturated heterocycles. The number of hydrogen-bond donors (Lipinski definition) is 2. The van der Waals surface area contributed by atoms with Gasteiger partial charge in [-0.3, -0.25) is 4.79 Å². The number of carbonyl (C=O) groups is 1. The monoisotopic (exact) mass is 484 g/mol. The number of nitrogens with zero attached hydrogens (tertiary/aromatic N) is 4. The fraction of sp³-hybridized carbons (Fsp3) is 0.238. The normalized spacial score (nSPS) is 15.3. The quantitative estimate of drug-likeness (QED) is 0.528. The maximum absolute atomic E-state index is 12.2. The summed E-state index contributed by atoms with van der Waals surface area (Å²) in [6.07, 6.45) is 0. The van der Waals surface area contributed by atoms with Crippen molar-refractivity contribution in [2.45, 2.75) is 26.5 Å². The molecule has 4 rings (SSSR count). The van der Waals surface area contributed by atoms with Gasteiger partial charge in [-0.1, -0.05) is 39.2 Å². The number of rotatable bonds is 7. The van der Waals surface area contributed by atoms with Crippen LogP contribution in [0.15, 0.2) is 58.2 Å². The van der Waals surface area contributed by atoms with Crippen LogP contribution in [0.25, 0.3) is 0 Å². The third-order valence-electron chi connectivity index (χ3n) is 4.87. The minimum Gasteiger partial charge on any atom is -0.490 e. The first-order valence-corrected chi connectivity index (χ1v) is 10.5. The second kappa shape index (κ2) is 8.76. The van der Waals surface area contributed by atoms with E-state index in [4.69, 9.17) is 15.2 Å². The topological polar surface area (TPSA) is 117 Å². The molecular formula is C21H21BrN6O3. The molecule has 1 atom stereocenters. The van der Waals surface area contributed by atoms with Crippen LogP contribution in [0.4, 0.5) is 5.95 Å². The van der Waals surface area contributed by atoms with Crippen molar-refractivity contribution in [3.63, 3.8) is 0 Å². The number of aromatic nitrogens is 4. The van der Waals surface area contributed by atoms with Gasteiger partial charge in [0.1, 0.15) is 12.6 Å². The van der Waals surface area contributed by atoms with Gasteiger partial charge in [-0.15, -0.1) is 0 Å². The van der Waals surface area contributed by atoms with Crippen LogP contribution in [0.2, 0.25) is 0 Å². The number of nitrogens with one attached hydrogen (secondary N) is 1. The van der Waals surface area contributed by atoms with Crippen molar-refractivity contribution in [2.24, 2.45) is 5.73 Å². The van der Waals surface area contributed by atoms with Crippen molar-refractivity contribution < 1.29 is 14.3 Å². The highest BCUT2D eigenvalue weighted by Crippen LogP contribution is 2.38. The Labute approximate surface area is 187 Å². The first kappa shape index (κ1) is 20.9. The van der Waals surface area contributed by atoms with E-state index in [0.717, 1.165) is 15.6 Å². The molecule has 0 radical (unpaired) electrons. The summed E-state index contributed by atoms with van der Waals surface area (Å²) >= 11 is 3.43. The van der Waals surface area contributed by atoms with Crippen LogP contribution >= 0.6 is 15.9 Å². The van der Waals surface area contributed by atoms with Crippen LogP contribution < -0.4 is 20.5 Å². The molecule has 1 aliphatic heterocycles. The molecule has 1 amide bonds. The zero-order valence-corrected chi connectivity index (χ0v) is 18.6. The van der Waals surface area contributed by atoms with E-state index in [9.17, 15) is 4.79 Å². The molecule has 2 heterocycles. The second-order valence-electron chi connectivity index (χ2n) is 6.93. The molecule has 1 aromatic heterocycles. The summed E-state index contributed by atoms with van der Waals surface area (Å²) in [7, 11) is 0. The van der Waals surface area contributed by atoms with E-state index < -0.39 is 11.9 Å². The van der Waals surface area contributed by atoms with Gasteiger partial charge in [-0.25, -0.2) is 0 Å². The number of fused-ring (bicyclic) bond motifs is 1. The van der Waals surface area contributed by atoms with E-state index >= 15 is 0 Å². The van der Waals surface area contributed by atoms with E-state index in [1.807, 2.05) is 49.4 Å². The molecule has 0 bridgehead atoms. The summed E-state index contributed by atoms with van der Waals surface area (Å²) in [5.74, 6) is 1.04. The first-order chi connectivity index (χ1) is 15.0. The van der Waals surface area contributed by atoms with Gasteiger partial charge in [0.15, 0.2) is 11.5 Å². The van der Waals surface area contributed by atoms with Gasteiger partial charge in [0.05, 0.1) is 12.2 Å². The van der Waals surface area contributed by atoms with Gasteiger partial charge >= 0.3 is 0 Å². The highest BCUT2D eigenvalue weighted by Gasteiger charge is 2.33. The van der Waals surface area contributed by atoms with E-state index in [0.29, 0.717) is 41.9 Å². The molecule has 31 heavy (non-hydrogen) atoms. The molecule has 2 aromatic carbocycles. The van der Waals surface area contributed by atoms with Crippen molar-refractivity contribution in [2.75, 3.05) is 11.9 Å². The number of amides is 1. The Morgan fingerprint density at radius 2 is 1.97 bits per heavy atom. The molecule has 9 nitrogen and oxygen atoms in total. The van der Waals surface area contributed by atoms with Gasteiger partial charge in [-0.05, 0) is 59.7 Å². The fourth-order valence-electron chi connectivity index (χ4n) is 3.46. The summed E-state index contributed by atoms with van der Waals surface area (Å²) in [6.45, 7) is 4.51. The molecule has 0 aliphatic carbocycles. The molecule has 0 fully saturated rings. The van der Waals surface area contributed by atoms with Gasteiger partial charge in [0.25, 0.3) is 0 Å². The Bertz CT molecular complexity index is 1140. The van der Waals surface area contributed by atoms with Crippen molar-refractivity contribution in [3.05, 3.63) is 69.3 Å². The maximum Gasteiger partial charge on any atom is 0.248 e. The highest BCUT2D eigenvalue weighted by atomic mass is 79.9. The summed E-state index contributed by atoms with van der Waals surface area (Å²) in [5, 5.41) is 14.7. The number of tetrazole rings is 1. The van der Waals surface area contributed by atoms with Crippen LogP contribution in [0, 0.1) is 0 Å². The van der Waals surface area contributed by atoms with Gasteiger partial charge in [0, 0.05) is 10.2 Å². The number of benzene rings is 2. The minimum absolute atomic E-state index is 0.380. The number of ether oxygens (including phenoxy) is 2. The number of carbonyl (C=O) groups excluding carboxylic acids is 1. The Hall–Kier alpha value is -3.40. The molecule has 160 valence electrons. The van der Waals surface area contributed by atoms with Gasteiger partial charge in [0.2, 0.25) is 11.9 Å². The summed E-state index contributed by atoms with van der Waals surface area (Å²) < 4.78 is 14.4. The SMILES string of the molecule is CCOc1cc(C2C(C(N)=O)=C(C)Nc3nnnn32)ccc1OCc1ccc(Br)cc1. The lowest BCUT2D eigenvalue weighted by atomic mass is 9.95. The smallest absolute Gasteiger partial charge is 0.248 e. The van der Waals surface area contributed by atoms with Crippen LogP contribution in [0.1, 0.15) is 31.0 Å². The van der Waals surface area contributed by atoms with Gasteiger partial charge in [-0.2, -0.15) is 4.68 Å². The van der Waals surface area contributed by atoms with Crippen molar-refractivity contribution in [1.82, 2.24) is 20.2 Å². The van der Waals surface area contributed by atoms with Gasteiger partial charge < -0.3 is 20.5 Å². The predicted molar refractivity (Wildman–Crippen MR) is 118 cm³/mol. The Kier molecular flexibility index (Phi) is 5.90. The molecule has 10 heteroatoms. The van der Waals surface area contributed by atoms with Crippen molar-refractivity contribution in [3.8, 4) is 11.5 Å². The Balaban J connectivity index is 1.68. The van der Waals surface area contributed by atoms with Crippen LogP contribution in [-0.4, -0.2) is 32.7 Å². The van der Waals surface area contributed by atoms with E-state index in [-0.39, 0.29) is 0 Å². The summed E-state index contributed by atoms with van der Waals surface area (Å²) in [4.78, 5) is 12.2. The van der Waals surface area contributed by atoms with Crippen LogP contribution in [0.3, 0.4) is 0 Å². The Morgan fingerprint density at radius 1 is 1.19 bits per heavy atom. The van der Waals surface area contributed by atoms with Crippen LogP contribution in [0.5, 0.6) is 11.5 Å². The highest BCUT2D eigenvalue weighted by molar-refractivity contribution is 9.10. The lowest BCUT2D eigenvalue weighted by Crippen LogP contribution is -2.31. The summed E-state index contributed by atoms with van der Waals surface area (Å²) in [6, 6.07) is 12.8. The predicted octanol–water partition coefficient (Wildman–Crippen LogP) is 3.19. The average Bonchev–Trinajstić information content (AvgIpc) is 3.21. The van der Waals surface area contributed by atoms with E-state index in [1.165, 1.54) is 4.68 Å². The lowest BCUT2D eigenvalue weighted by Gasteiger charge is -2.27. The maximum atomic E-state index is 12.2. The standard InChI is InChI=1S/C21H21BrN6O3/c1-3-30-17-10-14(6-9-16(17)31-11-13-4-7-15(22)8-5-13)19-18(20(23)29)12(2)24-21-25-26-27-28(19)21/h4-10,19H,3,11H2,1-2H3,(H2,23,29)(H,24,25,27). The summed E-state index contributed by atoms with van der Waals surface area (Å²) in [5.41, 5.74) is 8.45. The Morgan fingerprint density at radius 3 is 2.68 bits per heavy atom. The largest absolute Gasteiger partial charge is 0.490 e. The number of allylic oxidation sites excluding steroid dienone is 1. The lowest BCUT2D eigenvalue weighted by molar-refractivity contribution is -0.115. The number of anilines is 1. The van der Waals surface area contributed by atoms with Crippen LogP contribution in [-0.2, 0) is 11.4 Å². The zero-order valence-electron chi connectivity index (χ0n) is 17.0. The zero-order chi connectivity index (χ0) is 22.0. The first-order valence-electron chi connectivity index (χ1n) is 9.67. The van der Waals surface area contributed by atoms with Crippen molar-refractivity contribution >= 4 is 27.8 Å². The number of nitrogens with two attached hydrogens (primary N) is 1. The molecule has 3 N–H and O–H groups in total. The molecule has 3 aromatic rings. The molecule has 0 saturated carbocycles. The molecule has 0 spiro atoms. The average molecular weight is 485 g/mol. The number of hydrogen-bond acceptors (Lipinski definition) is 7.